The van der Waals surface area contributed by atoms with E-state index in [1.54, 1.807) is 0 Å². The van der Waals surface area contributed by atoms with Crippen molar-refractivity contribution in [1.82, 2.24) is 20.4 Å². The van der Waals surface area contributed by atoms with E-state index in [2.05, 4.69) is 46.5 Å². The Balaban J connectivity index is 1.67. The van der Waals surface area contributed by atoms with Gasteiger partial charge in [0.05, 0.1) is 5.52 Å². The maximum atomic E-state index is 12.4. The molecule has 3 rings (SSSR count). The van der Waals surface area contributed by atoms with Crippen molar-refractivity contribution in [1.29, 1.82) is 0 Å². The summed E-state index contributed by atoms with van der Waals surface area (Å²) in [5, 5.41) is 10.8. The zero-order chi connectivity index (χ0) is 16.9. The minimum Gasteiger partial charge on any atom is -0.347 e. The van der Waals surface area contributed by atoms with Crippen molar-refractivity contribution in [2.24, 2.45) is 0 Å². The molecule has 3 aromatic rings. The summed E-state index contributed by atoms with van der Waals surface area (Å²) in [5.74, 6) is -0.163. The van der Waals surface area contributed by atoms with Crippen LogP contribution in [0.2, 0.25) is 0 Å². The van der Waals surface area contributed by atoms with E-state index in [1.807, 2.05) is 36.4 Å². The topological polar surface area (TPSA) is 61.0 Å². The standard InChI is InChI=1S/C19H22N4O/c1-3-23(2)13-15-8-6-7-14(11-15)12-20-19(24)18-16-9-4-5-10-17(16)21-22-18/h4-11H,3,12-13H2,1-2H3,(H,20,24)(H,21,22). The Hall–Kier alpha value is -2.66. The second kappa shape index (κ2) is 7.27. The van der Waals surface area contributed by atoms with Gasteiger partial charge in [-0.1, -0.05) is 49.4 Å². The van der Waals surface area contributed by atoms with Crippen molar-refractivity contribution < 1.29 is 4.79 Å². The number of nitrogens with one attached hydrogen (secondary N) is 2. The van der Waals surface area contributed by atoms with Crippen LogP contribution in [0.5, 0.6) is 0 Å². The lowest BCUT2D eigenvalue weighted by atomic mass is 10.1. The van der Waals surface area contributed by atoms with Crippen molar-refractivity contribution >= 4 is 16.8 Å². The van der Waals surface area contributed by atoms with Gasteiger partial charge in [-0.2, -0.15) is 5.10 Å². The van der Waals surface area contributed by atoms with E-state index >= 15 is 0 Å². The van der Waals surface area contributed by atoms with Crippen molar-refractivity contribution in [3.05, 3.63) is 65.4 Å². The summed E-state index contributed by atoms with van der Waals surface area (Å²) in [6.07, 6.45) is 0. The molecule has 0 radical (unpaired) electrons. The summed E-state index contributed by atoms with van der Waals surface area (Å²) >= 11 is 0. The third kappa shape index (κ3) is 3.63. The lowest BCUT2D eigenvalue weighted by Gasteiger charge is -2.14. The molecule has 1 aromatic heterocycles. The molecule has 5 nitrogen and oxygen atoms in total. The van der Waals surface area contributed by atoms with Crippen molar-refractivity contribution in [2.75, 3.05) is 13.6 Å². The van der Waals surface area contributed by atoms with Crippen LogP contribution < -0.4 is 5.32 Å². The Bertz CT molecular complexity index is 840. The number of para-hydroxylation sites is 1. The molecule has 0 aliphatic heterocycles. The fourth-order valence-corrected chi connectivity index (χ4v) is 2.66. The quantitative estimate of drug-likeness (QED) is 0.733. The highest BCUT2D eigenvalue weighted by Gasteiger charge is 2.13. The molecule has 1 amide bonds. The summed E-state index contributed by atoms with van der Waals surface area (Å²) in [6, 6.07) is 15.9. The van der Waals surface area contributed by atoms with Gasteiger partial charge in [0.25, 0.3) is 5.91 Å². The summed E-state index contributed by atoms with van der Waals surface area (Å²) in [5.41, 5.74) is 3.64. The lowest BCUT2D eigenvalue weighted by Crippen LogP contribution is -2.23. The fraction of sp³-hybridized carbons (Fsp3) is 0.263. The van der Waals surface area contributed by atoms with Crippen molar-refractivity contribution in [3.8, 4) is 0 Å². The van der Waals surface area contributed by atoms with E-state index in [4.69, 9.17) is 0 Å². The van der Waals surface area contributed by atoms with E-state index in [0.717, 1.165) is 29.6 Å². The molecule has 1 heterocycles. The second-order valence-electron chi connectivity index (χ2n) is 5.95. The Morgan fingerprint density at radius 2 is 1.96 bits per heavy atom. The molecule has 0 aliphatic carbocycles. The van der Waals surface area contributed by atoms with Crippen LogP contribution in [0.4, 0.5) is 0 Å². The molecular weight excluding hydrogens is 300 g/mol. The highest BCUT2D eigenvalue weighted by molar-refractivity contribution is 6.04. The number of fused-ring (bicyclic) bond motifs is 1. The number of benzene rings is 2. The first-order valence-electron chi connectivity index (χ1n) is 8.15. The van der Waals surface area contributed by atoms with Crippen molar-refractivity contribution in [3.63, 3.8) is 0 Å². The molecule has 0 saturated heterocycles. The number of carbonyl (C=O) groups excluding carboxylic acids is 1. The van der Waals surface area contributed by atoms with Crippen LogP contribution in [0.15, 0.2) is 48.5 Å². The maximum absolute atomic E-state index is 12.4. The molecule has 0 fully saturated rings. The monoisotopic (exact) mass is 322 g/mol. The number of H-pyrrole nitrogens is 1. The third-order valence-electron chi connectivity index (χ3n) is 4.12. The Morgan fingerprint density at radius 1 is 1.17 bits per heavy atom. The minimum atomic E-state index is -0.163. The number of nitrogens with zero attached hydrogens (tertiary/aromatic N) is 2. The summed E-state index contributed by atoms with van der Waals surface area (Å²) in [6.45, 7) is 4.54. The fourth-order valence-electron chi connectivity index (χ4n) is 2.66. The lowest BCUT2D eigenvalue weighted by molar-refractivity contribution is 0.0947. The SMILES string of the molecule is CCN(C)Cc1cccc(CNC(=O)c2n[nH]c3ccccc23)c1. The molecule has 0 saturated carbocycles. The van der Waals surface area contributed by atoms with E-state index < -0.39 is 0 Å². The number of rotatable bonds is 6. The van der Waals surface area contributed by atoms with Gasteiger partial charge < -0.3 is 10.2 Å². The molecule has 0 spiro atoms. The predicted molar refractivity (Wildman–Crippen MR) is 95.7 cm³/mol. The first-order chi connectivity index (χ1) is 11.7. The van der Waals surface area contributed by atoms with Crippen LogP contribution in [-0.2, 0) is 13.1 Å². The Kier molecular flexibility index (Phi) is 4.91. The van der Waals surface area contributed by atoms with E-state index in [9.17, 15) is 4.79 Å². The maximum Gasteiger partial charge on any atom is 0.272 e. The molecular formula is C19H22N4O. The van der Waals surface area contributed by atoms with Gasteiger partial charge in [-0.15, -0.1) is 0 Å². The number of amides is 1. The number of aromatic amines is 1. The Labute approximate surface area is 141 Å². The number of aromatic nitrogens is 2. The van der Waals surface area contributed by atoms with E-state index in [-0.39, 0.29) is 5.91 Å². The van der Waals surface area contributed by atoms with Crippen LogP contribution in [0.25, 0.3) is 10.9 Å². The molecule has 2 N–H and O–H groups in total. The molecule has 124 valence electrons. The smallest absolute Gasteiger partial charge is 0.272 e. The molecule has 0 bridgehead atoms. The van der Waals surface area contributed by atoms with E-state index in [1.165, 1.54) is 5.56 Å². The zero-order valence-corrected chi connectivity index (χ0v) is 14.0. The summed E-state index contributed by atoms with van der Waals surface area (Å²) < 4.78 is 0. The van der Waals surface area contributed by atoms with Crippen LogP contribution in [0, 0.1) is 0 Å². The average Bonchev–Trinajstić information content (AvgIpc) is 3.04. The van der Waals surface area contributed by atoms with E-state index in [0.29, 0.717) is 12.2 Å². The molecule has 5 heteroatoms. The highest BCUT2D eigenvalue weighted by Crippen LogP contribution is 2.15. The van der Waals surface area contributed by atoms with Gasteiger partial charge in [0.2, 0.25) is 0 Å². The highest BCUT2D eigenvalue weighted by atomic mass is 16.1. The first-order valence-corrected chi connectivity index (χ1v) is 8.15. The summed E-state index contributed by atoms with van der Waals surface area (Å²) in [4.78, 5) is 14.6. The number of hydrogen-bond acceptors (Lipinski definition) is 3. The van der Waals surface area contributed by atoms with Crippen LogP contribution >= 0.6 is 0 Å². The van der Waals surface area contributed by atoms with Gasteiger partial charge in [0.1, 0.15) is 0 Å². The van der Waals surface area contributed by atoms with Gasteiger partial charge in [-0.05, 0) is 30.8 Å². The first kappa shape index (κ1) is 16.2. The van der Waals surface area contributed by atoms with Gasteiger partial charge in [0.15, 0.2) is 5.69 Å². The predicted octanol–water partition coefficient (Wildman–Crippen LogP) is 2.94. The molecule has 0 aliphatic rings. The number of carbonyl (C=O) groups is 1. The normalized spacial score (nSPS) is 11.1. The van der Waals surface area contributed by atoms with Gasteiger partial charge in [0, 0.05) is 18.5 Å². The molecule has 24 heavy (non-hydrogen) atoms. The van der Waals surface area contributed by atoms with Crippen molar-refractivity contribution in [2.45, 2.75) is 20.0 Å². The third-order valence-corrected chi connectivity index (χ3v) is 4.12. The molecule has 0 unspecified atom stereocenters. The largest absolute Gasteiger partial charge is 0.347 e. The van der Waals surface area contributed by atoms with Crippen LogP contribution in [-0.4, -0.2) is 34.6 Å². The van der Waals surface area contributed by atoms with Gasteiger partial charge >= 0.3 is 0 Å². The second-order valence-corrected chi connectivity index (χ2v) is 5.95. The number of hydrogen-bond donors (Lipinski definition) is 2. The van der Waals surface area contributed by atoms with Crippen LogP contribution in [0.1, 0.15) is 28.5 Å². The summed E-state index contributed by atoms with van der Waals surface area (Å²) in [7, 11) is 2.09. The van der Waals surface area contributed by atoms with Crippen LogP contribution in [0.3, 0.4) is 0 Å². The molecule has 2 aromatic carbocycles. The average molecular weight is 322 g/mol. The zero-order valence-electron chi connectivity index (χ0n) is 14.0. The van der Waals surface area contributed by atoms with Gasteiger partial charge in [-0.3, -0.25) is 9.89 Å². The van der Waals surface area contributed by atoms with Gasteiger partial charge in [-0.25, -0.2) is 0 Å². The molecule has 0 atom stereocenters. The minimum absolute atomic E-state index is 0.163. The Morgan fingerprint density at radius 3 is 2.79 bits per heavy atom.